The maximum absolute atomic E-state index is 9.57. The van der Waals surface area contributed by atoms with E-state index < -0.39 is 0 Å². The Labute approximate surface area is 111 Å². The van der Waals surface area contributed by atoms with E-state index in [2.05, 4.69) is 18.8 Å². The lowest BCUT2D eigenvalue weighted by molar-refractivity contribution is 0.471. The van der Waals surface area contributed by atoms with Gasteiger partial charge in [-0.3, -0.25) is 0 Å². The fourth-order valence-corrected chi connectivity index (χ4v) is 2.97. The van der Waals surface area contributed by atoms with Gasteiger partial charge in [0.2, 0.25) is 0 Å². The summed E-state index contributed by atoms with van der Waals surface area (Å²) in [5.74, 6) is 0.883. The van der Waals surface area contributed by atoms with Crippen LogP contribution in [0.2, 0.25) is 0 Å². The van der Waals surface area contributed by atoms with Gasteiger partial charge in [0, 0.05) is 10.4 Å². The number of nitrogen functional groups attached to an aromatic ring is 1. The molecule has 96 valence electrons. The van der Waals surface area contributed by atoms with Crippen LogP contribution in [-0.2, 0) is 6.42 Å². The molecule has 1 aromatic carbocycles. The molecule has 0 atom stereocenters. The Hall–Kier alpha value is -1.55. The summed E-state index contributed by atoms with van der Waals surface area (Å²) in [7, 11) is 0. The van der Waals surface area contributed by atoms with Crippen molar-refractivity contribution >= 4 is 16.5 Å². The molecule has 2 aromatic rings. The van der Waals surface area contributed by atoms with E-state index in [-0.39, 0.29) is 0 Å². The lowest BCUT2D eigenvalue weighted by Gasteiger charge is -2.06. The van der Waals surface area contributed by atoms with Gasteiger partial charge in [-0.25, -0.2) is 4.98 Å². The smallest absolute Gasteiger partial charge is 0.180 e. The predicted molar refractivity (Wildman–Crippen MR) is 76.9 cm³/mol. The fraction of sp³-hybridized carbons (Fsp3) is 0.357. The van der Waals surface area contributed by atoms with Gasteiger partial charge < -0.3 is 10.8 Å². The number of benzene rings is 1. The number of hydrogen-bond donors (Lipinski definition) is 2. The Morgan fingerprint density at radius 1 is 1.39 bits per heavy atom. The summed E-state index contributed by atoms with van der Waals surface area (Å²) in [4.78, 5) is 5.63. The average Bonchev–Trinajstić information content (AvgIpc) is 2.62. The van der Waals surface area contributed by atoms with Gasteiger partial charge in [-0.15, -0.1) is 11.3 Å². The van der Waals surface area contributed by atoms with Crippen molar-refractivity contribution in [3.63, 3.8) is 0 Å². The van der Waals surface area contributed by atoms with Gasteiger partial charge in [-0.05, 0) is 43.0 Å². The third-order valence-corrected chi connectivity index (χ3v) is 3.68. The molecule has 18 heavy (non-hydrogen) atoms. The van der Waals surface area contributed by atoms with Crippen LogP contribution in [0.3, 0.4) is 0 Å². The van der Waals surface area contributed by atoms with Crippen LogP contribution in [-0.4, -0.2) is 10.1 Å². The van der Waals surface area contributed by atoms with Crippen molar-refractivity contribution in [2.45, 2.75) is 27.2 Å². The van der Waals surface area contributed by atoms with Gasteiger partial charge in [-0.2, -0.15) is 0 Å². The van der Waals surface area contributed by atoms with Crippen LogP contribution in [0.1, 0.15) is 24.3 Å². The minimum absolute atomic E-state index is 0.312. The topological polar surface area (TPSA) is 59.1 Å². The van der Waals surface area contributed by atoms with Gasteiger partial charge in [0.05, 0.1) is 5.69 Å². The van der Waals surface area contributed by atoms with Crippen LogP contribution in [0.4, 0.5) is 5.13 Å². The average molecular weight is 262 g/mol. The van der Waals surface area contributed by atoms with Crippen molar-refractivity contribution in [2.75, 3.05) is 5.73 Å². The molecule has 0 radical (unpaired) electrons. The van der Waals surface area contributed by atoms with Crippen molar-refractivity contribution in [1.82, 2.24) is 4.98 Å². The van der Waals surface area contributed by atoms with E-state index in [1.807, 2.05) is 19.1 Å². The molecule has 0 spiro atoms. The molecule has 0 aliphatic rings. The summed E-state index contributed by atoms with van der Waals surface area (Å²) in [5, 5.41) is 10.2. The number of anilines is 1. The van der Waals surface area contributed by atoms with E-state index in [0.717, 1.165) is 23.2 Å². The zero-order valence-electron chi connectivity index (χ0n) is 10.9. The third kappa shape index (κ3) is 2.64. The predicted octanol–water partition coefficient (Wildman–Crippen LogP) is 3.60. The minimum Gasteiger partial charge on any atom is -0.508 e. The van der Waals surface area contributed by atoms with E-state index >= 15 is 0 Å². The molecule has 0 saturated carbocycles. The largest absolute Gasteiger partial charge is 0.508 e. The van der Waals surface area contributed by atoms with Crippen LogP contribution in [0.25, 0.3) is 11.3 Å². The first kappa shape index (κ1) is 12.9. The minimum atomic E-state index is 0.312. The molecule has 0 fully saturated rings. The molecule has 0 aliphatic carbocycles. The number of thiazole rings is 1. The third-order valence-electron chi connectivity index (χ3n) is 2.78. The molecule has 1 heterocycles. The molecule has 0 bridgehead atoms. The quantitative estimate of drug-likeness (QED) is 0.888. The maximum atomic E-state index is 9.57. The number of nitrogens with zero attached hydrogens (tertiary/aromatic N) is 1. The Bertz CT molecular complexity index is 561. The summed E-state index contributed by atoms with van der Waals surface area (Å²) in [6.45, 7) is 6.25. The first-order valence-electron chi connectivity index (χ1n) is 6.02. The van der Waals surface area contributed by atoms with E-state index in [1.165, 1.54) is 4.88 Å². The lowest BCUT2D eigenvalue weighted by Crippen LogP contribution is -1.94. The highest BCUT2D eigenvalue weighted by molar-refractivity contribution is 7.15. The summed E-state index contributed by atoms with van der Waals surface area (Å²) in [6.07, 6.45) is 0.976. The SMILES string of the molecule is Cc1cc(-c2nc(N)sc2CC(C)C)ccc1O. The zero-order chi connectivity index (χ0) is 13.3. The van der Waals surface area contributed by atoms with Crippen molar-refractivity contribution in [3.05, 3.63) is 28.6 Å². The first-order valence-corrected chi connectivity index (χ1v) is 6.84. The highest BCUT2D eigenvalue weighted by Gasteiger charge is 2.13. The molecule has 0 saturated heterocycles. The van der Waals surface area contributed by atoms with Crippen LogP contribution < -0.4 is 5.73 Å². The normalized spacial score (nSPS) is 11.1. The monoisotopic (exact) mass is 262 g/mol. The number of aryl methyl sites for hydroxylation is 1. The number of phenolic OH excluding ortho intramolecular Hbond substituents is 1. The van der Waals surface area contributed by atoms with E-state index in [0.29, 0.717) is 16.8 Å². The van der Waals surface area contributed by atoms with Crippen molar-refractivity contribution in [1.29, 1.82) is 0 Å². The second-order valence-electron chi connectivity index (χ2n) is 4.92. The number of aromatic nitrogens is 1. The maximum Gasteiger partial charge on any atom is 0.180 e. The van der Waals surface area contributed by atoms with Gasteiger partial charge in [-0.1, -0.05) is 13.8 Å². The summed E-state index contributed by atoms with van der Waals surface area (Å²) in [6, 6.07) is 5.55. The van der Waals surface area contributed by atoms with E-state index in [9.17, 15) is 5.11 Å². The molecule has 0 unspecified atom stereocenters. The van der Waals surface area contributed by atoms with Gasteiger partial charge in [0.1, 0.15) is 5.75 Å². The summed E-state index contributed by atoms with van der Waals surface area (Å²) >= 11 is 1.55. The Kier molecular flexibility index (Phi) is 3.57. The highest BCUT2D eigenvalue weighted by Crippen LogP contribution is 2.33. The number of phenols is 1. The number of aromatic hydroxyl groups is 1. The van der Waals surface area contributed by atoms with E-state index in [1.54, 1.807) is 17.4 Å². The molecule has 3 nitrogen and oxygen atoms in total. The Morgan fingerprint density at radius 3 is 2.72 bits per heavy atom. The van der Waals surface area contributed by atoms with Crippen LogP contribution in [0.15, 0.2) is 18.2 Å². The first-order chi connectivity index (χ1) is 8.47. The zero-order valence-corrected chi connectivity index (χ0v) is 11.7. The molecule has 4 heteroatoms. The summed E-state index contributed by atoms with van der Waals surface area (Å²) in [5.41, 5.74) is 8.65. The Morgan fingerprint density at radius 2 is 2.11 bits per heavy atom. The highest BCUT2D eigenvalue weighted by atomic mass is 32.1. The fourth-order valence-electron chi connectivity index (χ4n) is 1.91. The van der Waals surface area contributed by atoms with Crippen molar-refractivity contribution in [2.24, 2.45) is 5.92 Å². The molecule has 0 aliphatic heterocycles. The van der Waals surface area contributed by atoms with Crippen LogP contribution in [0.5, 0.6) is 5.75 Å². The standard InChI is InChI=1S/C14H18N2OS/c1-8(2)6-12-13(16-14(15)18-12)10-4-5-11(17)9(3)7-10/h4-5,7-8,17H,6H2,1-3H3,(H2,15,16). The van der Waals surface area contributed by atoms with Crippen LogP contribution >= 0.6 is 11.3 Å². The number of nitrogens with two attached hydrogens (primary N) is 1. The van der Waals surface area contributed by atoms with Gasteiger partial charge >= 0.3 is 0 Å². The summed E-state index contributed by atoms with van der Waals surface area (Å²) < 4.78 is 0. The van der Waals surface area contributed by atoms with Crippen LogP contribution in [0, 0.1) is 12.8 Å². The number of rotatable bonds is 3. The molecule has 0 amide bonds. The Balaban J connectivity index is 2.45. The van der Waals surface area contributed by atoms with Crippen molar-refractivity contribution < 1.29 is 5.11 Å². The molecular weight excluding hydrogens is 244 g/mol. The molecular formula is C14H18N2OS. The van der Waals surface area contributed by atoms with Gasteiger partial charge in [0.25, 0.3) is 0 Å². The second-order valence-corrected chi connectivity index (χ2v) is 6.04. The number of hydrogen-bond acceptors (Lipinski definition) is 4. The van der Waals surface area contributed by atoms with Crippen molar-refractivity contribution in [3.8, 4) is 17.0 Å². The molecule has 1 aromatic heterocycles. The van der Waals surface area contributed by atoms with Gasteiger partial charge in [0.15, 0.2) is 5.13 Å². The lowest BCUT2D eigenvalue weighted by atomic mass is 10.0. The van der Waals surface area contributed by atoms with E-state index in [4.69, 9.17) is 5.73 Å². The molecule has 3 N–H and O–H groups in total. The molecule has 2 rings (SSSR count). The second kappa shape index (κ2) is 4.98.